The lowest BCUT2D eigenvalue weighted by atomic mass is 10.1. The number of anilines is 2. The topological polar surface area (TPSA) is 84.5 Å². The van der Waals surface area contributed by atoms with Gasteiger partial charge in [0.2, 0.25) is 11.8 Å². The Morgan fingerprint density at radius 2 is 1.97 bits per heavy atom. The van der Waals surface area contributed by atoms with Crippen LogP contribution in [0.2, 0.25) is 0 Å². The van der Waals surface area contributed by atoms with Crippen molar-refractivity contribution in [2.45, 2.75) is 49.4 Å². The summed E-state index contributed by atoms with van der Waals surface area (Å²) >= 11 is 2.30. The molecule has 1 aromatic heterocycles. The van der Waals surface area contributed by atoms with Gasteiger partial charge in [0.25, 0.3) is 0 Å². The van der Waals surface area contributed by atoms with Gasteiger partial charge in [0.05, 0.1) is 28.7 Å². The van der Waals surface area contributed by atoms with Crippen molar-refractivity contribution in [3.8, 4) is 0 Å². The van der Waals surface area contributed by atoms with Crippen LogP contribution in [-0.2, 0) is 26.9 Å². The number of amides is 2. The van der Waals surface area contributed by atoms with Crippen molar-refractivity contribution in [3.63, 3.8) is 0 Å². The lowest BCUT2D eigenvalue weighted by Crippen LogP contribution is -2.32. The summed E-state index contributed by atoms with van der Waals surface area (Å²) in [4.78, 5) is 38.6. The highest BCUT2D eigenvalue weighted by Crippen LogP contribution is 2.41. The van der Waals surface area contributed by atoms with E-state index in [0.29, 0.717) is 9.90 Å². The molecule has 2 heterocycles. The number of aryl methyl sites for hydroxylation is 1. The van der Waals surface area contributed by atoms with Crippen LogP contribution in [0, 0.1) is 0 Å². The maximum Gasteiger partial charge on any atom is 0.416 e. The lowest BCUT2D eigenvalue weighted by Gasteiger charge is -2.24. The zero-order valence-electron chi connectivity index (χ0n) is 17.3. The molecule has 0 saturated carbocycles. The Bertz CT molecular complexity index is 1040. The maximum atomic E-state index is 12.9. The zero-order valence-corrected chi connectivity index (χ0v) is 18.9. The van der Waals surface area contributed by atoms with Crippen molar-refractivity contribution in [2.24, 2.45) is 0 Å². The molecule has 0 radical (unpaired) electrons. The fraction of sp³-hybridized carbons (Fsp3) is 0.381. The molecule has 172 valence electrons. The molecule has 0 bridgehead atoms. The molecule has 2 aromatic rings. The first-order chi connectivity index (χ1) is 15.1. The minimum absolute atomic E-state index is 0.0681. The van der Waals surface area contributed by atoms with Gasteiger partial charge in [-0.25, -0.2) is 4.79 Å². The fourth-order valence-electron chi connectivity index (χ4n) is 3.07. The third-order valence-corrected chi connectivity index (χ3v) is 6.91. The van der Waals surface area contributed by atoms with E-state index < -0.39 is 34.8 Å². The summed E-state index contributed by atoms with van der Waals surface area (Å²) in [6.07, 6.45) is -3.12. The number of alkyl halides is 3. The van der Waals surface area contributed by atoms with E-state index in [9.17, 15) is 27.6 Å². The van der Waals surface area contributed by atoms with Gasteiger partial charge in [0, 0.05) is 16.2 Å². The number of thioether (sulfide) groups is 1. The second-order valence-corrected chi connectivity index (χ2v) is 9.36. The number of ether oxygens (including phenoxy) is 1. The number of carbonyl (C=O) groups excluding carboxylic acids is 3. The number of benzene rings is 1. The first-order valence-corrected chi connectivity index (χ1v) is 11.6. The lowest BCUT2D eigenvalue weighted by molar-refractivity contribution is -0.137. The Balaban J connectivity index is 1.72. The number of fused-ring (bicyclic) bond motifs is 1. The average molecular weight is 487 g/mol. The molecule has 1 atom stereocenters. The van der Waals surface area contributed by atoms with E-state index in [2.05, 4.69) is 10.6 Å². The minimum atomic E-state index is -4.52. The standard InChI is InChI=1S/C21H21F3N2O4S2/c1-3-5-12-9-13(20(29)30-4-2)19(31-12)26-17(27)10-16-18(28)25-14-8-11(21(22,23)24)6-7-15(14)32-16/h6-9,16H,3-5,10H2,1-2H3,(H,25,28)(H,26,27)/t16-/m0/s1. The van der Waals surface area contributed by atoms with Crippen LogP contribution in [0.1, 0.15) is 47.5 Å². The second kappa shape index (κ2) is 9.95. The summed E-state index contributed by atoms with van der Waals surface area (Å²) < 4.78 is 43.7. The van der Waals surface area contributed by atoms with Crippen LogP contribution in [0.25, 0.3) is 0 Å². The quantitative estimate of drug-likeness (QED) is 0.517. The van der Waals surface area contributed by atoms with Crippen molar-refractivity contribution in [1.29, 1.82) is 0 Å². The van der Waals surface area contributed by atoms with E-state index in [1.54, 1.807) is 13.0 Å². The molecule has 11 heteroatoms. The SMILES string of the molecule is CCCc1cc(C(=O)OCC)c(NC(=O)C[C@@H]2Sc3ccc(C(F)(F)F)cc3NC2=O)s1. The van der Waals surface area contributed by atoms with E-state index in [1.165, 1.54) is 17.4 Å². The third-order valence-electron chi connectivity index (χ3n) is 4.53. The van der Waals surface area contributed by atoms with E-state index in [0.717, 1.165) is 41.6 Å². The molecule has 0 fully saturated rings. The number of hydrogen-bond acceptors (Lipinski definition) is 6. The molecule has 1 aliphatic rings. The van der Waals surface area contributed by atoms with Crippen molar-refractivity contribution >= 4 is 51.6 Å². The smallest absolute Gasteiger partial charge is 0.416 e. The zero-order chi connectivity index (χ0) is 23.5. The highest BCUT2D eigenvalue weighted by Gasteiger charge is 2.34. The first-order valence-electron chi connectivity index (χ1n) is 9.90. The molecule has 6 nitrogen and oxygen atoms in total. The van der Waals surface area contributed by atoms with Crippen molar-refractivity contribution in [1.82, 2.24) is 0 Å². The number of nitrogens with one attached hydrogen (secondary N) is 2. The first kappa shape index (κ1) is 24.1. The normalized spacial score (nSPS) is 15.7. The van der Waals surface area contributed by atoms with E-state index >= 15 is 0 Å². The number of carbonyl (C=O) groups is 3. The maximum absolute atomic E-state index is 12.9. The van der Waals surface area contributed by atoms with E-state index in [-0.39, 0.29) is 24.3 Å². The number of hydrogen-bond donors (Lipinski definition) is 2. The van der Waals surface area contributed by atoms with Crippen LogP contribution in [0.5, 0.6) is 0 Å². The van der Waals surface area contributed by atoms with E-state index in [4.69, 9.17) is 4.74 Å². The highest BCUT2D eigenvalue weighted by atomic mass is 32.2. The second-order valence-electron chi connectivity index (χ2n) is 6.98. The molecule has 2 N–H and O–H groups in total. The van der Waals surface area contributed by atoms with Crippen LogP contribution < -0.4 is 10.6 Å². The summed E-state index contributed by atoms with van der Waals surface area (Å²) in [5.41, 5.74) is -0.529. The molecular formula is C21H21F3N2O4S2. The molecule has 1 aliphatic heterocycles. The minimum Gasteiger partial charge on any atom is -0.462 e. The molecule has 0 unspecified atom stereocenters. The van der Waals surface area contributed by atoms with Gasteiger partial charge < -0.3 is 15.4 Å². The molecule has 1 aromatic carbocycles. The summed E-state index contributed by atoms with van der Waals surface area (Å²) in [5.74, 6) is -1.58. The number of thiophene rings is 1. The Morgan fingerprint density at radius 3 is 2.62 bits per heavy atom. The molecule has 0 aliphatic carbocycles. The number of halogens is 3. The van der Waals surface area contributed by atoms with E-state index in [1.807, 2.05) is 6.92 Å². The Morgan fingerprint density at radius 1 is 1.22 bits per heavy atom. The molecular weight excluding hydrogens is 465 g/mol. The van der Waals surface area contributed by atoms with Gasteiger partial charge in [-0.05, 0) is 37.6 Å². The van der Waals surface area contributed by atoms with Gasteiger partial charge in [0.1, 0.15) is 5.00 Å². The van der Waals surface area contributed by atoms with Gasteiger partial charge in [0.15, 0.2) is 0 Å². The van der Waals surface area contributed by atoms with Gasteiger partial charge in [-0.15, -0.1) is 23.1 Å². The number of esters is 1. The molecule has 2 amide bonds. The summed E-state index contributed by atoms with van der Waals surface area (Å²) in [6, 6.07) is 4.79. The van der Waals surface area contributed by atoms with Crippen molar-refractivity contribution in [3.05, 3.63) is 40.3 Å². The Hall–Kier alpha value is -2.53. The summed E-state index contributed by atoms with van der Waals surface area (Å²) in [6.45, 7) is 3.87. The van der Waals surface area contributed by atoms with Gasteiger partial charge in [-0.1, -0.05) is 13.3 Å². The largest absolute Gasteiger partial charge is 0.462 e. The van der Waals surface area contributed by atoms with Crippen LogP contribution in [0.4, 0.5) is 23.9 Å². The molecule has 0 spiro atoms. The van der Waals surface area contributed by atoms with Gasteiger partial charge >= 0.3 is 12.1 Å². The average Bonchev–Trinajstić information content (AvgIpc) is 3.10. The van der Waals surface area contributed by atoms with Crippen LogP contribution in [0.3, 0.4) is 0 Å². The van der Waals surface area contributed by atoms with Crippen LogP contribution in [-0.4, -0.2) is 29.6 Å². The van der Waals surface area contributed by atoms with Gasteiger partial charge in [-0.3, -0.25) is 9.59 Å². The highest BCUT2D eigenvalue weighted by molar-refractivity contribution is 8.01. The summed E-state index contributed by atoms with van der Waals surface area (Å²) in [7, 11) is 0. The molecule has 0 saturated heterocycles. The van der Waals surface area contributed by atoms with Crippen LogP contribution >= 0.6 is 23.1 Å². The van der Waals surface area contributed by atoms with Crippen molar-refractivity contribution < 1.29 is 32.3 Å². The Kier molecular flexibility index (Phi) is 7.50. The third kappa shape index (κ3) is 5.63. The predicted molar refractivity (Wildman–Crippen MR) is 117 cm³/mol. The Labute approximate surface area is 190 Å². The van der Waals surface area contributed by atoms with Crippen LogP contribution in [0.15, 0.2) is 29.2 Å². The molecule has 32 heavy (non-hydrogen) atoms. The monoisotopic (exact) mass is 486 g/mol. The van der Waals surface area contributed by atoms with Gasteiger partial charge in [-0.2, -0.15) is 13.2 Å². The fourth-order valence-corrected chi connectivity index (χ4v) is 5.33. The predicted octanol–water partition coefficient (Wildman–Crippen LogP) is 5.34. The summed E-state index contributed by atoms with van der Waals surface area (Å²) in [5, 5.41) is 4.67. The van der Waals surface area contributed by atoms with Crippen molar-refractivity contribution in [2.75, 3.05) is 17.2 Å². The molecule has 3 rings (SSSR count). The number of rotatable bonds is 7.